The largest absolute Gasteiger partial charge is 0.208 e. The Morgan fingerprint density at radius 1 is 0.468 bits per heavy atom. The van der Waals surface area contributed by atoms with E-state index in [2.05, 4.69) is 103 Å². The van der Waals surface area contributed by atoms with Gasteiger partial charge in [0.2, 0.25) is 0 Å². The van der Waals surface area contributed by atoms with Crippen LogP contribution in [0.4, 0.5) is 0 Å². The Balaban J connectivity index is 1.21. The lowest BCUT2D eigenvalue weighted by atomic mass is 9.76. The van der Waals surface area contributed by atoms with Crippen LogP contribution in [0.1, 0.15) is 42.4 Å². The fraction of sp³-hybridized carbons (Fsp3) is 0.116. The van der Waals surface area contributed by atoms with Gasteiger partial charge in [0.1, 0.15) is 0 Å². The number of nitriles is 1. The lowest BCUT2D eigenvalue weighted by Crippen LogP contribution is -2.20. The Kier molecular flexibility index (Phi) is 6.33. The van der Waals surface area contributed by atoms with Gasteiger partial charge in [0.05, 0.1) is 11.6 Å². The maximum absolute atomic E-state index is 9.71. The molecule has 1 spiro atoms. The molecule has 6 aromatic carbocycles. The second-order valence-electron chi connectivity index (χ2n) is 12.7. The summed E-state index contributed by atoms with van der Waals surface area (Å²) in [6, 6.07) is 48.9. The number of hydrogen-bond donors (Lipinski definition) is 0. The van der Waals surface area contributed by atoms with Gasteiger partial charge in [0.15, 0.2) is 17.5 Å². The van der Waals surface area contributed by atoms with E-state index in [0.29, 0.717) is 17.5 Å². The summed E-state index contributed by atoms with van der Waals surface area (Å²) in [4.78, 5) is 15.2. The summed E-state index contributed by atoms with van der Waals surface area (Å²) in [5.41, 5.74) is 11.1. The number of benzene rings is 6. The van der Waals surface area contributed by atoms with Crippen molar-refractivity contribution in [1.82, 2.24) is 15.0 Å². The third-order valence-corrected chi connectivity index (χ3v) is 10.1. The van der Waals surface area contributed by atoms with Crippen molar-refractivity contribution < 1.29 is 0 Å². The van der Waals surface area contributed by atoms with Crippen LogP contribution >= 0.6 is 0 Å². The molecule has 2 aliphatic rings. The summed E-state index contributed by atoms with van der Waals surface area (Å²) in [7, 11) is 0. The lowest BCUT2D eigenvalue weighted by Gasteiger charge is -2.27. The minimum atomic E-state index is -0.0423. The van der Waals surface area contributed by atoms with Gasteiger partial charge in [-0.25, -0.2) is 15.0 Å². The third-order valence-electron chi connectivity index (χ3n) is 10.1. The monoisotopic (exact) mass is 602 g/mol. The SMILES string of the molecule is N#Cc1ccc2c(c1)C1(CCCC1)c1cc(-c3ccccc3-c3nc(-c4ccccc4)nc(-c4ccc5ccccc5c4)n3)ccc1-2. The average molecular weight is 603 g/mol. The van der Waals surface area contributed by atoms with E-state index in [1.165, 1.54) is 40.5 Å². The van der Waals surface area contributed by atoms with Gasteiger partial charge in [0, 0.05) is 22.1 Å². The Morgan fingerprint density at radius 2 is 1.09 bits per heavy atom. The van der Waals surface area contributed by atoms with Crippen molar-refractivity contribution in [3.63, 3.8) is 0 Å². The van der Waals surface area contributed by atoms with Gasteiger partial charge in [0.25, 0.3) is 0 Å². The molecule has 1 aromatic heterocycles. The second-order valence-corrected chi connectivity index (χ2v) is 12.7. The first-order valence-corrected chi connectivity index (χ1v) is 16.3. The van der Waals surface area contributed by atoms with Gasteiger partial charge in [-0.05, 0) is 81.3 Å². The van der Waals surface area contributed by atoms with Gasteiger partial charge in [-0.15, -0.1) is 0 Å². The molecule has 0 radical (unpaired) electrons. The molecule has 0 saturated heterocycles. The Hall–Kier alpha value is -5.92. The summed E-state index contributed by atoms with van der Waals surface area (Å²) in [5, 5.41) is 12.0. The molecule has 1 heterocycles. The summed E-state index contributed by atoms with van der Waals surface area (Å²) in [6.07, 6.45) is 4.61. The highest BCUT2D eigenvalue weighted by atomic mass is 15.0. The van der Waals surface area contributed by atoms with Crippen molar-refractivity contribution in [1.29, 1.82) is 5.26 Å². The van der Waals surface area contributed by atoms with E-state index >= 15 is 0 Å². The zero-order chi connectivity index (χ0) is 31.4. The maximum atomic E-state index is 9.71. The summed E-state index contributed by atoms with van der Waals surface area (Å²) < 4.78 is 0. The molecule has 4 heteroatoms. The van der Waals surface area contributed by atoms with Crippen molar-refractivity contribution in [2.75, 3.05) is 0 Å². The van der Waals surface area contributed by atoms with Crippen LogP contribution < -0.4 is 0 Å². The molecule has 9 rings (SSSR count). The highest BCUT2D eigenvalue weighted by molar-refractivity contribution is 5.89. The zero-order valence-corrected chi connectivity index (χ0v) is 25.8. The van der Waals surface area contributed by atoms with Gasteiger partial charge < -0.3 is 0 Å². The Morgan fingerprint density at radius 3 is 1.87 bits per heavy atom. The van der Waals surface area contributed by atoms with E-state index < -0.39 is 0 Å². The molecule has 0 aliphatic heterocycles. The van der Waals surface area contributed by atoms with E-state index in [0.717, 1.165) is 51.6 Å². The number of hydrogen-bond acceptors (Lipinski definition) is 4. The smallest absolute Gasteiger partial charge is 0.164 e. The molecule has 47 heavy (non-hydrogen) atoms. The fourth-order valence-corrected chi connectivity index (χ4v) is 7.85. The predicted octanol–water partition coefficient (Wildman–Crippen LogP) is 10.4. The van der Waals surface area contributed by atoms with Crippen molar-refractivity contribution in [2.24, 2.45) is 0 Å². The average Bonchev–Trinajstić information content (AvgIpc) is 3.75. The van der Waals surface area contributed by atoms with Gasteiger partial charge in [-0.1, -0.05) is 122 Å². The summed E-state index contributed by atoms with van der Waals surface area (Å²) in [5.74, 6) is 1.95. The first-order chi connectivity index (χ1) is 23.2. The highest BCUT2D eigenvalue weighted by Gasteiger charge is 2.45. The predicted molar refractivity (Wildman–Crippen MR) is 188 cm³/mol. The molecule has 7 aromatic rings. The zero-order valence-electron chi connectivity index (χ0n) is 25.8. The van der Waals surface area contributed by atoms with Gasteiger partial charge in [-0.3, -0.25) is 0 Å². The quantitative estimate of drug-likeness (QED) is 0.201. The fourth-order valence-electron chi connectivity index (χ4n) is 7.85. The summed E-state index contributed by atoms with van der Waals surface area (Å²) in [6.45, 7) is 0. The number of nitrogens with zero attached hydrogens (tertiary/aromatic N) is 4. The van der Waals surface area contributed by atoms with E-state index in [1.807, 2.05) is 36.4 Å². The van der Waals surface area contributed by atoms with E-state index in [4.69, 9.17) is 15.0 Å². The molecule has 4 nitrogen and oxygen atoms in total. The van der Waals surface area contributed by atoms with Crippen LogP contribution in [0.25, 0.3) is 67.2 Å². The Bertz CT molecular complexity index is 2380. The maximum Gasteiger partial charge on any atom is 0.164 e. The number of aromatic nitrogens is 3. The van der Waals surface area contributed by atoms with Gasteiger partial charge in [-0.2, -0.15) is 5.26 Å². The van der Waals surface area contributed by atoms with E-state index in [9.17, 15) is 5.26 Å². The molecular formula is C43H30N4. The van der Waals surface area contributed by atoms with Crippen LogP contribution in [0, 0.1) is 11.3 Å². The minimum absolute atomic E-state index is 0.0423. The lowest BCUT2D eigenvalue weighted by molar-refractivity contribution is 0.550. The molecule has 0 unspecified atom stereocenters. The minimum Gasteiger partial charge on any atom is -0.208 e. The van der Waals surface area contributed by atoms with Crippen LogP contribution in [0.15, 0.2) is 133 Å². The molecule has 222 valence electrons. The van der Waals surface area contributed by atoms with Crippen LogP contribution in [0.5, 0.6) is 0 Å². The van der Waals surface area contributed by atoms with Crippen LogP contribution in [-0.2, 0) is 5.41 Å². The van der Waals surface area contributed by atoms with Crippen molar-refractivity contribution in [3.8, 4) is 62.5 Å². The standard InChI is InChI=1S/C43H30N4/c44-27-28-16-20-35-36-21-19-32(26-39(36)43(38(35)24-28)22-8-9-23-43)34-14-6-7-15-37(34)42-46-40(30-11-2-1-3-12-30)45-41(47-42)33-18-17-29-10-4-5-13-31(29)25-33/h1-7,10-21,24-26H,8-9,22-23H2. The van der Waals surface area contributed by atoms with E-state index in [1.54, 1.807) is 0 Å². The second kappa shape index (κ2) is 10.9. The normalized spacial score (nSPS) is 14.2. The van der Waals surface area contributed by atoms with Crippen LogP contribution in [0.3, 0.4) is 0 Å². The molecule has 2 aliphatic carbocycles. The van der Waals surface area contributed by atoms with Gasteiger partial charge >= 0.3 is 0 Å². The molecule has 1 saturated carbocycles. The summed E-state index contributed by atoms with van der Waals surface area (Å²) >= 11 is 0. The molecule has 1 fully saturated rings. The van der Waals surface area contributed by atoms with Crippen molar-refractivity contribution >= 4 is 10.8 Å². The van der Waals surface area contributed by atoms with Crippen molar-refractivity contribution in [3.05, 3.63) is 150 Å². The molecule has 0 atom stereocenters. The third kappa shape index (κ3) is 4.47. The van der Waals surface area contributed by atoms with Crippen molar-refractivity contribution in [2.45, 2.75) is 31.1 Å². The molecular weight excluding hydrogens is 573 g/mol. The molecule has 0 N–H and O–H groups in total. The number of fused-ring (bicyclic) bond motifs is 6. The molecule has 0 bridgehead atoms. The Labute approximate surface area is 274 Å². The first kappa shape index (κ1) is 27.4. The van der Waals surface area contributed by atoms with Crippen LogP contribution in [-0.4, -0.2) is 15.0 Å². The molecule has 0 amide bonds. The highest BCUT2D eigenvalue weighted by Crippen LogP contribution is 2.57. The van der Waals surface area contributed by atoms with Crippen LogP contribution in [0.2, 0.25) is 0 Å². The van der Waals surface area contributed by atoms with E-state index in [-0.39, 0.29) is 5.41 Å². The topological polar surface area (TPSA) is 62.5 Å². The number of rotatable bonds is 4. The first-order valence-electron chi connectivity index (χ1n) is 16.3.